The topological polar surface area (TPSA) is 116 Å². The highest BCUT2D eigenvalue weighted by Crippen LogP contribution is 2.54. The number of nitrogens with one attached hydrogen (secondary N) is 2. The molecule has 32 heavy (non-hydrogen) atoms. The molecule has 164 valence electrons. The number of aryl methyl sites for hydroxylation is 1. The molecule has 0 unspecified atom stereocenters. The van der Waals surface area contributed by atoms with E-state index in [1.165, 1.54) is 4.90 Å². The lowest BCUT2D eigenvalue weighted by Gasteiger charge is -2.29. The van der Waals surface area contributed by atoms with Gasteiger partial charge in [0.1, 0.15) is 5.54 Å². The zero-order chi connectivity index (χ0) is 22.6. The van der Waals surface area contributed by atoms with Gasteiger partial charge in [-0.3, -0.25) is 24.5 Å². The first-order valence-electron chi connectivity index (χ1n) is 10.8. The van der Waals surface area contributed by atoms with Gasteiger partial charge in [0.05, 0.1) is 17.5 Å². The van der Waals surface area contributed by atoms with E-state index in [4.69, 9.17) is 0 Å². The fourth-order valence-corrected chi connectivity index (χ4v) is 5.42. The first kappa shape index (κ1) is 20.4. The molecule has 2 aromatic carbocycles. The lowest BCUT2D eigenvalue weighted by molar-refractivity contribution is -0.137. The molecule has 3 aliphatic rings. The number of hydrogen-bond donors (Lipinski definition) is 3. The quantitative estimate of drug-likeness (QED) is 0.622. The van der Waals surface area contributed by atoms with Crippen LogP contribution in [0.5, 0.6) is 0 Å². The molecule has 5 rings (SSSR count). The number of imide groups is 1. The minimum atomic E-state index is -1.41. The van der Waals surface area contributed by atoms with Gasteiger partial charge in [-0.05, 0) is 36.6 Å². The van der Waals surface area contributed by atoms with Gasteiger partial charge >= 0.3 is 5.97 Å². The Balaban J connectivity index is 1.61. The van der Waals surface area contributed by atoms with Crippen molar-refractivity contribution in [2.45, 2.75) is 37.8 Å². The number of benzene rings is 2. The van der Waals surface area contributed by atoms with Crippen molar-refractivity contribution in [3.8, 4) is 0 Å². The highest BCUT2D eigenvalue weighted by molar-refractivity contribution is 6.25. The highest BCUT2D eigenvalue weighted by Gasteiger charge is 2.70. The van der Waals surface area contributed by atoms with Crippen molar-refractivity contribution >= 4 is 35.1 Å². The number of rotatable bonds is 5. The molecule has 0 bridgehead atoms. The number of carboxylic acids is 1. The van der Waals surface area contributed by atoms with Crippen molar-refractivity contribution < 1.29 is 24.3 Å². The molecule has 0 aliphatic carbocycles. The fraction of sp³-hybridized carbons (Fsp3) is 0.333. The molecule has 0 aromatic heterocycles. The zero-order valence-corrected chi connectivity index (χ0v) is 17.5. The smallest absolute Gasteiger partial charge is 0.303 e. The SMILES string of the molecule is CCc1ccc(N2C(=O)[C@H]3[C@H](CCC(=O)O)N[C@]4(C(=O)Nc5ccccc54)[C@@H]3C2=O)cc1. The lowest BCUT2D eigenvalue weighted by Crippen LogP contribution is -2.53. The summed E-state index contributed by atoms with van der Waals surface area (Å²) in [6.45, 7) is 2.02. The minimum Gasteiger partial charge on any atom is -0.481 e. The summed E-state index contributed by atoms with van der Waals surface area (Å²) in [7, 11) is 0. The van der Waals surface area contributed by atoms with Crippen LogP contribution in [0.15, 0.2) is 48.5 Å². The van der Waals surface area contributed by atoms with Crippen LogP contribution in [0, 0.1) is 11.8 Å². The van der Waals surface area contributed by atoms with Crippen molar-refractivity contribution in [3.63, 3.8) is 0 Å². The Labute approximate surface area is 184 Å². The predicted octanol–water partition coefficient (Wildman–Crippen LogP) is 2.04. The van der Waals surface area contributed by atoms with Crippen LogP contribution in [0.1, 0.15) is 30.9 Å². The Morgan fingerprint density at radius 3 is 2.47 bits per heavy atom. The number of amides is 3. The number of hydrogen-bond acceptors (Lipinski definition) is 5. The van der Waals surface area contributed by atoms with Gasteiger partial charge < -0.3 is 10.4 Å². The van der Waals surface area contributed by atoms with Crippen molar-refractivity contribution in [2.75, 3.05) is 10.2 Å². The standard InChI is InChI=1S/C24H23N3O5/c1-2-13-7-9-14(10-8-13)27-21(30)19-17(11-12-18(28)29)26-24(20(19)22(27)31)15-5-3-4-6-16(15)25-23(24)32/h3-10,17,19-20,26H,2,11-12H2,1H3,(H,25,32)(H,28,29)/t17-,19-,20-,24-/m0/s1. The van der Waals surface area contributed by atoms with E-state index in [0.29, 0.717) is 16.9 Å². The third-order valence-corrected chi connectivity index (χ3v) is 6.89. The molecule has 3 N–H and O–H groups in total. The number of carboxylic acid groups (broad SMARTS) is 1. The zero-order valence-electron chi connectivity index (χ0n) is 17.5. The average molecular weight is 433 g/mol. The van der Waals surface area contributed by atoms with Crippen molar-refractivity contribution in [1.29, 1.82) is 0 Å². The maximum Gasteiger partial charge on any atom is 0.303 e. The van der Waals surface area contributed by atoms with Gasteiger partial charge in [0.25, 0.3) is 0 Å². The molecule has 3 heterocycles. The number of aliphatic carboxylic acids is 1. The highest BCUT2D eigenvalue weighted by atomic mass is 16.4. The molecule has 3 amide bonds. The summed E-state index contributed by atoms with van der Waals surface area (Å²) in [6, 6.07) is 13.7. The van der Waals surface area contributed by atoms with Crippen molar-refractivity contribution in [3.05, 3.63) is 59.7 Å². The van der Waals surface area contributed by atoms with Crippen LogP contribution < -0.4 is 15.5 Å². The second kappa shape index (κ2) is 7.27. The van der Waals surface area contributed by atoms with E-state index in [9.17, 15) is 24.3 Å². The average Bonchev–Trinajstić information content (AvgIpc) is 3.37. The molecule has 0 radical (unpaired) electrons. The maximum absolute atomic E-state index is 13.7. The van der Waals surface area contributed by atoms with Gasteiger partial charge in [0.2, 0.25) is 17.7 Å². The van der Waals surface area contributed by atoms with Crippen molar-refractivity contribution in [1.82, 2.24) is 5.32 Å². The van der Waals surface area contributed by atoms with Gasteiger partial charge in [0.15, 0.2) is 0 Å². The molecule has 8 heteroatoms. The number of carbonyl (C=O) groups excluding carboxylic acids is 3. The van der Waals surface area contributed by atoms with Crippen LogP contribution >= 0.6 is 0 Å². The van der Waals surface area contributed by atoms with Gasteiger partial charge in [-0.15, -0.1) is 0 Å². The minimum absolute atomic E-state index is 0.134. The fourth-order valence-electron chi connectivity index (χ4n) is 5.42. The third kappa shape index (κ3) is 2.72. The summed E-state index contributed by atoms with van der Waals surface area (Å²) in [5.74, 6) is -4.02. The first-order chi connectivity index (χ1) is 15.4. The summed E-state index contributed by atoms with van der Waals surface area (Å²) < 4.78 is 0. The lowest BCUT2D eigenvalue weighted by atomic mass is 9.76. The molecule has 4 atom stereocenters. The molecule has 3 aliphatic heterocycles. The second-order valence-electron chi connectivity index (χ2n) is 8.53. The predicted molar refractivity (Wildman–Crippen MR) is 116 cm³/mol. The summed E-state index contributed by atoms with van der Waals surface area (Å²) in [5.41, 5.74) is 1.34. The molecule has 1 spiro atoms. The third-order valence-electron chi connectivity index (χ3n) is 6.89. The van der Waals surface area contributed by atoms with E-state index in [-0.39, 0.29) is 12.8 Å². The van der Waals surface area contributed by atoms with Crippen LogP contribution in [0.25, 0.3) is 0 Å². The Morgan fingerprint density at radius 1 is 1.06 bits per heavy atom. The van der Waals surface area contributed by atoms with E-state index in [1.54, 1.807) is 36.4 Å². The summed E-state index contributed by atoms with van der Waals surface area (Å²) in [4.78, 5) is 53.0. The second-order valence-corrected chi connectivity index (χ2v) is 8.53. The van der Waals surface area contributed by atoms with E-state index < -0.39 is 47.1 Å². The molecular formula is C24H23N3O5. The van der Waals surface area contributed by atoms with E-state index >= 15 is 0 Å². The van der Waals surface area contributed by atoms with Gasteiger partial charge in [-0.25, -0.2) is 4.90 Å². The van der Waals surface area contributed by atoms with Crippen LogP contribution in [-0.4, -0.2) is 34.8 Å². The van der Waals surface area contributed by atoms with E-state index in [2.05, 4.69) is 10.6 Å². The first-order valence-corrected chi connectivity index (χ1v) is 10.8. The van der Waals surface area contributed by atoms with Gasteiger partial charge in [0, 0.05) is 23.7 Å². The summed E-state index contributed by atoms with van der Waals surface area (Å²) in [5, 5.41) is 15.3. The van der Waals surface area contributed by atoms with Gasteiger partial charge in [-0.1, -0.05) is 37.3 Å². The Bertz CT molecular complexity index is 1140. The summed E-state index contributed by atoms with van der Waals surface area (Å²) in [6.07, 6.45) is 0.789. The summed E-state index contributed by atoms with van der Waals surface area (Å²) >= 11 is 0. The maximum atomic E-state index is 13.7. The largest absolute Gasteiger partial charge is 0.481 e. The molecule has 2 saturated heterocycles. The van der Waals surface area contributed by atoms with Crippen LogP contribution in [0.4, 0.5) is 11.4 Å². The monoisotopic (exact) mass is 433 g/mol. The van der Waals surface area contributed by atoms with E-state index in [1.807, 2.05) is 19.1 Å². The molecule has 8 nitrogen and oxygen atoms in total. The van der Waals surface area contributed by atoms with Crippen LogP contribution in [0.2, 0.25) is 0 Å². The van der Waals surface area contributed by atoms with Gasteiger partial charge in [-0.2, -0.15) is 0 Å². The van der Waals surface area contributed by atoms with Crippen LogP contribution in [-0.2, 0) is 31.1 Å². The molecular weight excluding hydrogens is 410 g/mol. The number of fused-ring (bicyclic) bond motifs is 4. The molecule has 0 saturated carbocycles. The van der Waals surface area contributed by atoms with Crippen LogP contribution in [0.3, 0.4) is 0 Å². The Hall–Kier alpha value is -3.52. The van der Waals surface area contributed by atoms with E-state index in [0.717, 1.165) is 12.0 Å². The normalized spacial score (nSPS) is 28.2. The number of anilines is 2. The Kier molecular flexibility index (Phi) is 4.63. The number of nitrogens with zero attached hydrogens (tertiary/aromatic N) is 1. The molecule has 2 fully saturated rings. The number of para-hydroxylation sites is 1. The Morgan fingerprint density at radius 2 is 1.78 bits per heavy atom. The number of carbonyl (C=O) groups is 4. The molecule has 2 aromatic rings. The van der Waals surface area contributed by atoms with Crippen molar-refractivity contribution in [2.24, 2.45) is 11.8 Å².